The van der Waals surface area contributed by atoms with E-state index in [0.29, 0.717) is 23.7 Å². The molecule has 170 valence electrons. The number of Topliss-reactive ketones (excluding diaryl/α,β-unsaturated/α-hetero) is 1. The smallest absolute Gasteiger partial charge is 0.200 e. The van der Waals surface area contributed by atoms with E-state index in [1.165, 1.54) is 44.9 Å². The zero-order valence-electron chi connectivity index (χ0n) is 19.9. The lowest BCUT2D eigenvalue weighted by molar-refractivity contribution is -0.134. The molecular weight excluding hydrogens is 372 g/mol. The summed E-state index contributed by atoms with van der Waals surface area (Å²) in [5.41, 5.74) is 0.0106. The average Bonchev–Trinajstić information content (AvgIpc) is 3.04. The van der Waals surface area contributed by atoms with Gasteiger partial charge < -0.3 is 10.2 Å². The average molecular weight is 417 g/mol. The first-order valence-corrected chi connectivity index (χ1v) is 12.8. The first kappa shape index (κ1) is 22.2. The number of aliphatic hydroxyl groups excluding tert-OH is 2. The molecule has 4 aliphatic carbocycles. The van der Waals surface area contributed by atoms with Crippen molar-refractivity contribution in [3.8, 4) is 0 Å². The summed E-state index contributed by atoms with van der Waals surface area (Å²) in [5.74, 6) is 3.79. The van der Waals surface area contributed by atoms with Crippen LogP contribution < -0.4 is 0 Å². The number of fused-ring (bicyclic) bond motifs is 5. The second kappa shape index (κ2) is 7.85. The predicted molar refractivity (Wildman–Crippen MR) is 121 cm³/mol. The van der Waals surface area contributed by atoms with Crippen molar-refractivity contribution in [2.75, 3.05) is 0 Å². The molecule has 4 aliphatic rings. The third-order valence-electron chi connectivity index (χ3n) is 10.5. The van der Waals surface area contributed by atoms with Crippen LogP contribution in [0.3, 0.4) is 0 Å². The lowest BCUT2D eigenvalue weighted by Gasteiger charge is -2.59. The Labute approximate surface area is 183 Å². The van der Waals surface area contributed by atoms with E-state index in [1.807, 2.05) is 0 Å². The number of hydrogen-bond acceptors (Lipinski definition) is 3. The topological polar surface area (TPSA) is 57.5 Å². The van der Waals surface area contributed by atoms with Gasteiger partial charge in [-0.2, -0.15) is 0 Å². The van der Waals surface area contributed by atoms with Crippen LogP contribution in [0.5, 0.6) is 0 Å². The molecule has 3 nitrogen and oxygen atoms in total. The fourth-order valence-corrected chi connectivity index (χ4v) is 8.85. The Balaban J connectivity index is 1.54. The number of carbonyl (C=O) groups is 1. The van der Waals surface area contributed by atoms with Crippen LogP contribution >= 0.6 is 0 Å². The molecule has 3 saturated carbocycles. The molecule has 0 aromatic carbocycles. The number of ketones is 1. The van der Waals surface area contributed by atoms with E-state index in [4.69, 9.17) is 0 Å². The Morgan fingerprint density at radius 3 is 2.40 bits per heavy atom. The molecule has 4 rings (SSSR count). The van der Waals surface area contributed by atoms with Crippen LogP contribution in [0.4, 0.5) is 0 Å². The summed E-state index contributed by atoms with van der Waals surface area (Å²) in [6, 6.07) is 0. The Hall–Kier alpha value is -0.990. The highest BCUT2D eigenvalue weighted by Crippen LogP contribution is 2.68. The van der Waals surface area contributed by atoms with Gasteiger partial charge in [0.2, 0.25) is 5.78 Å². The SMILES string of the molecule is CC(C)CCC[C@@H](C)[C@H]1CC[C@H]2[C@@H]3CCC4CC(=O)C(O)=C(O)[C@]4(C)[C@H]3CC[C@]12C. The second-order valence-corrected chi connectivity index (χ2v) is 12.3. The Morgan fingerprint density at radius 1 is 0.967 bits per heavy atom. The van der Waals surface area contributed by atoms with Crippen molar-refractivity contribution in [2.24, 2.45) is 52.3 Å². The normalized spacial score (nSPS) is 44.6. The zero-order valence-corrected chi connectivity index (χ0v) is 19.9. The largest absolute Gasteiger partial charge is 0.508 e. The van der Waals surface area contributed by atoms with Crippen LogP contribution in [0, 0.1) is 52.3 Å². The fraction of sp³-hybridized carbons (Fsp3) is 0.889. The van der Waals surface area contributed by atoms with Gasteiger partial charge in [-0.25, -0.2) is 0 Å². The maximum absolute atomic E-state index is 12.2. The van der Waals surface area contributed by atoms with E-state index in [9.17, 15) is 15.0 Å². The third kappa shape index (κ3) is 3.25. The summed E-state index contributed by atoms with van der Waals surface area (Å²) in [6.45, 7) is 11.9. The molecule has 0 bridgehead atoms. The summed E-state index contributed by atoms with van der Waals surface area (Å²) in [6.07, 6.45) is 11.7. The van der Waals surface area contributed by atoms with Gasteiger partial charge in [0, 0.05) is 11.8 Å². The molecule has 2 N–H and O–H groups in total. The van der Waals surface area contributed by atoms with Crippen molar-refractivity contribution in [3.63, 3.8) is 0 Å². The fourth-order valence-electron chi connectivity index (χ4n) is 8.85. The van der Waals surface area contributed by atoms with E-state index in [2.05, 4.69) is 34.6 Å². The van der Waals surface area contributed by atoms with Crippen molar-refractivity contribution >= 4 is 5.78 Å². The monoisotopic (exact) mass is 416 g/mol. The van der Waals surface area contributed by atoms with E-state index in [-0.39, 0.29) is 23.2 Å². The number of rotatable bonds is 5. The lowest BCUT2D eigenvalue weighted by Crippen LogP contribution is -2.54. The van der Waals surface area contributed by atoms with Gasteiger partial charge in [0.15, 0.2) is 5.76 Å². The van der Waals surface area contributed by atoms with Crippen molar-refractivity contribution in [1.29, 1.82) is 0 Å². The highest BCUT2D eigenvalue weighted by atomic mass is 16.3. The van der Waals surface area contributed by atoms with E-state index in [1.54, 1.807) is 0 Å². The first-order valence-electron chi connectivity index (χ1n) is 12.8. The molecule has 0 spiro atoms. The van der Waals surface area contributed by atoms with Crippen LogP contribution in [0.2, 0.25) is 0 Å². The summed E-state index contributed by atoms with van der Waals surface area (Å²) >= 11 is 0. The number of aliphatic hydroxyl groups is 2. The number of hydrogen-bond donors (Lipinski definition) is 2. The lowest BCUT2D eigenvalue weighted by atomic mass is 9.45. The molecule has 0 aromatic heterocycles. The Morgan fingerprint density at radius 2 is 1.70 bits per heavy atom. The molecule has 0 heterocycles. The molecule has 3 fully saturated rings. The minimum absolute atomic E-state index is 0.0126. The molecule has 8 atom stereocenters. The number of carbonyl (C=O) groups excluding carboxylic acids is 1. The standard InChI is InChI=1S/C27H44O3/c1-16(2)7-6-8-17(3)20-11-12-21-19-10-9-18-15-23(28)24(29)25(30)27(18,5)22(19)13-14-26(20,21)4/h16-22,29-30H,6-15H2,1-5H3/t17-,18?,19+,20-,21+,22+,26-,27+/m1/s1. The molecule has 0 amide bonds. The minimum atomic E-state index is -0.413. The molecule has 1 unspecified atom stereocenters. The molecular formula is C27H44O3. The number of allylic oxidation sites excluding steroid dienone is 2. The van der Waals surface area contributed by atoms with Gasteiger partial charge in [-0.1, -0.05) is 53.9 Å². The summed E-state index contributed by atoms with van der Waals surface area (Å²) in [7, 11) is 0. The third-order valence-corrected chi connectivity index (χ3v) is 10.5. The molecule has 0 aliphatic heterocycles. The second-order valence-electron chi connectivity index (χ2n) is 12.3. The van der Waals surface area contributed by atoms with Crippen LogP contribution in [-0.4, -0.2) is 16.0 Å². The minimum Gasteiger partial charge on any atom is -0.508 e. The Kier molecular flexibility index (Phi) is 5.81. The van der Waals surface area contributed by atoms with Crippen LogP contribution in [-0.2, 0) is 4.79 Å². The van der Waals surface area contributed by atoms with E-state index >= 15 is 0 Å². The van der Waals surface area contributed by atoms with Gasteiger partial charge in [0.05, 0.1) is 0 Å². The highest BCUT2D eigenvalue weighted by Gasteiger charge is 2.62. The van der Waals surface area contributed by atoms with Gasteiger partial charge in [0.25, 0.3) is 0 Å². The molecule has 0 aromatic rings. The van der Waals surface area contributed by atoms with Crippen molar-refractivity contribution in [2.45, 2.75) is 98.8 Å². The quantitative estimate of drug-likeness (QED) is 0.497. The van der Waals surface area contributed by atoms with Crippen LogP contribution in [0.15, 0.2) is 11.5 Å². The van der Waals surface area contributed by atoms with Gasteiger partial charge >= 0.3 is 0 Å². The van der Waals surface area contributed by atoms with Gasteiger partial charge in [-0.05, 0) is 85.4 Å². The van der Waals surface area contributed by atoms with Crippen molar-refractivity contribution < 1.29 is 15.0 Å². The maximum atomic E-state index is 12.2. The van der Waals surface area contributed by atoms with Crippen molar-refractivity contribution in [1.82, 2.24) is 0 Å². The van der Waals surface area contributed by atoms with Gasteiger partial charge in [-0.3, -0.25) is 4.79 Å². The highest BCUT2D eigenvalue weighted by molar-refractivity contribution is 5.94. The molecule has 30 heavy (non-hydrogen) atoms. The van der Waals surface area contributed by atoms with E-state index in [0.717, 1.165) is 36.5 Å². The molecule has 0 radical (unpaired) electrons. The molecule has 3 heteroatoms. The first-order chi connectivity index (χ1) is 14.1. The predicted octanol–water partition coefficient (Wildman–Crippen LogP) is 7.22. The van der Waals surface area contributed by atoms with Crippen LogP contribution in [0.25, 0.3) is 0 Å². The molecule has 0 saturated heterocycles. The zero-order chi connectivity index (χ0) is 21.8. The van der Waals surface area contributed by atoms with E-state index < -0.39 is 5.41 Å². The summed E-state index contributed by atoms with van der Waals surface area (Å²) in [4.78, 5) is 12.2. The summed E-state index contributed by atoms with van der Waals surface area (Å²) < 4.78 is 0. The van der Waals surface area contributed by atoms with Gasteiger partial charge in [0.1, 0.15) is 5.76 Å². The van der Waals surface area contributed by atoms with Gasteiger partial charge in [-0.15, -0.1) is 0 Å². The summed E-state index contributed by atoms with van der Waals surface area (Å²) in [5, 5.41) is 21.2. The van der Waals surface area contributed by atoms with Crippen LogP contribution in [0.1, 0.15) is 98.8 Å². The maximum Gasteiger partial charge on any atom is 0.200 e. The Bertz CT molecular complexity index is 709. The van der Waals surface area contributed by atoms with Crippen molar-refractivity contribution in [3.05, 3.63) is 11.5 Å².